The van der Waals surface area contributed by atoms with Gasteiger partial charge in [0, 0.05) is 19.3 Å². The minimum atomic E-state index is 0. The smallest absolute Gasteiger partial charge is 0.191 e. The van der Waals surface area contributed by atoms with Crippen molar-refractivity contribution in [2.24, 2.45) is 4.99 Å². The molecule has 1 aromatic carbocycles. The molecule has 0 saturated heterocycles. The van der Waals surface area contributed by atoms with Crippen LogP contribution in [0.2, 0.25) is 0 Å². The van der Waals surface area contributed by atoms with Crippen molar-refractivity contribution in [3.05, 3.63) is 48.3 Å². The van der Waals surface area contributed by atoms with Crippen molar-refractivity contribution in [1.29, 1.82) is 0 Å². The van der Waals surface area contributed by atoms with E-state index in [4.69, 9.17) is 0 Å². The standard InChI is InChI=1S/C18H27N5.HI/c1-3-5-9-13-20-18(19-4-2)21-15-16-12-14-23(22-16)17-10-7-6-8-11-17;/h6-8,10-12,14H,3-5,9,13,15H2,1-2H3,(H2,19,20,21);1H. The summed E-state index contributed by atoms with van der Waals surface area (Å²) >= 11 is 0. The topological polar surface area (TPSA) is 54.2 Å². The average molecular weight is 441 g/mol. The van der Waals surface area contributed by atoms with Crippen LogP contribution in [0.1, 0.15) is 38.8 Å². The van der Waals surface area contributed by atoms with Gasteiger partial charge in [-0.25, -0.2) is 9.67 Å². The molecule has 1 heterocycles. The first-order valence-corrected chi connectivity index (χ1v) is 8.45. The lowest BCUT2D eigenvalue weighted by Gasteiger charge is -2.10. The predicted molar refractivity (Wildman–Crippen MR) is 111 cm³/mol. The van der Waals surface area contributed by atoms with Crippen LogP contribution in [0.25, 0.3) is 5.69 Å². The Bertz CT molecular complexity index is 594. The van der Waals surface area contributed by atoms with Gasteiger partial charge in [-0.3, -0.25) is 0 Å². The molecule has 132 valence electrons. The number of aromatic nitrogens is 2. The summed E-state index contributed by atoms with van der Waals surface area (Å²) in [5, 5.41) is 11.2. The number of para-hydroxylation sites is 1. The number of guanidine groups is 1. The van der Waals surface area contributed by atoms with E-state index in [1.807, 2.05) is 47.3 Å². The first kappa shape index (κ1) is 20.5. The highest BCUT2D eigenvalue weighted by atomic mass is 127. The summed E-state index contributed by atoms with van der Waals surface area (Å²) in [7, 11) is 0. The summed E-state index contributed by atoms with van der Waals surface area (Å²) < 4.78 is 1.88. The SMILES string of the molecule is CCCCCNC(=NCc1ccn(-c2ccccc2)n1)NCC.I. The molecule has 0 saturated carbocycles. The fourth-order valence-corrected chi connectivity index (χ4v) is 2.25. The summed E-state index contributed by atoms with van der Waals surface area (Å²) in [5.41, 5.74) is 2.02. The fraction of sp³-hybridized carbons (Fsp3) is 0.444. The normalized spacial score (nSPS) is 11.0. The van der Waals surface area contributed by atoms with E-state index in [9.17, 15) is 0 Å². The molecule has 2 N–H and O–H groups in total. The molecule has 0 amide bonds. The molecule has 0 radical (unpaired) electrons. The summed E-state index contributed by atoms with van der Waals surface area (Å²) in [6, 6.07) is 12.1. The van der Waals surface area contributed by atoms with Crippen molar-refractivity contribution >= 4 is 29.9 Å². The Labute approximate surface area is 162 Å². The number of halogens is 1. The van der Waals surface area contributed by atoms with Crippen LogP contribution in [-0.4, -0.2) is 28.8 Å². The predicted octanol–water partition coefficient (Wildman–Crippen LogP) is 3.74. The Morgan fingerprint density at radius 3 is 2.58 bits per heavy atom. The molecule has 0 aliphatic heterocycles. The van der Waals surface area contributed by atoms with Crippen molar-refractivity contribution in [2.45, 2.75) is 39.7 Å². The average Bonchev–Trinajstić information content (AvgIpc) is 3.06. The third kappa shape index (κ3) is 6.90. The molecule has 0 bridgehead atoms. The Balaban J connectivity index is 0.00000288. The quantitative estimate of drug-likeness (QED) is 0.284. The molecule has 0 fully saturated rings. The van der Waals surface area contributed by atoms with Gasteiger partial charge in [0.2, 0.25) is 0 Å². The second-order valence-electron chi connectivity index (χ2n) is 5.42. The fourth-order valence-electron chi connectivity index (χ4n) is 2.25. The molecule has 5 nitrogen and oxygen atoms in total. The largest absolute Gasteiger partial charge is 0.357 e. The van der Waals surface area contributed by atoms with E-state index < -0.39 is 0 Å². The molecule has 6 heteroatoms. The molecule has 24 heavy (non-hydrogen) atoms. The summed E-state index contributed by atoms with van der Waals surface area (Å²) in [6.07, 6.45) is 5.62. The first-order chi connectivity index (χ1) is 11.3. The number of aliphatic imine (C=N–C) groups is 1. The molecule has 0 spiro atoms. The van der Waals surface area contributed by atoms with Crippen molar-refractivity contribution in [3.63, 3.8) is 0 Å². The molecular formula is C18H28IN5. The van der Waals surface area contributed by atoms with Gasteiger partial charge in [0.25, 0.3) is 0 Å². The van der Waals surface area contributed by atoms with Crippen LogP contribution in [0.3, 0.4) is 0 Å². The Kier molecular flexibility index (Phi) is 10.1. The van der Waals surface area contributed by atoms with Crippen molar-refractivity contribution < 1.29 is 0 Å². The van der Waals surface area contributed by atoms with Gasteiger partial charge in [0.1, 0.15) is 0 Å². The van der Waals surface area contributed by atoms with Gasteiger partial charge >= 0.3 is 0 Å². The summed E-state index contributed by atoms with van der Waals surface area (Å²) in [6.45, 7) is 6.68. The van der Waals surface area contributed by atoms with Crippen LogP contribution in [0, 0.1) is 0 Å². The minimum absolute atomic E-state index is 0. The van der Waals surface area contributed by atoms with E-state index in [1.54, 1.807) is 0 Å². The van der Waals surface area contributed by atoms with Crippen LogP contribution < -0.4 is 10.6 Å². The molecule has 2 rings (SSSR count). The number of hydrogen-bond donors (Lipinski definition) is 2. The molecule has 0 unspecified atom stereocenters. The van der Waals surface area contributed by atoms with Crippen molar-refractivity contribution in [2.75, 3.05) is 13.1 Å². The lowest BCUT2D eigenvalue weighted by molar-refractivity contribution is 0.682. The number of hydrogen-bond acceptors (Lipinski definition) is 2. The number of benzene rings is 1. The van der Waals surface area contributed by atoms with Gasteiger partial charge in [-0.15, -0.1) is 24.0 Å². The van der Waals surface area contributed by atoms with E-state index in [0.29, 0.717) is 6.54 Å². The number of nitrogens with one attached hydrogen (secondary N) is 2. The highest BCUT2D eigenvalue weighted by Gasteiger charge is 2.01. The second-order valence-corrected chi connectivity index (χ2v) is 5.42. The van der Waals surface area contributed by atoms with E-state index >= 15 is 0 Å². The Morgan fingerprint density at radius 2 is 1.88 bits per heavy atom. The maximum absolute atomic E-state index is 4.61. The third-order valence-electron chi connectivity index (χ3n) is 3.48. The molecule has 0 aliphatic carbocycles. The lowest BCUT2D eigenvalue weighted by atomic mass is 10.2. The number of nitrogens with zero attached hydrogens (tertiary/aromatic N) is 3. The highest BCUT2D eigenvalue weighted by Crippen LogP contribution is 2.07. The van der Waals surface area contributed by atoms with Gasteiger partial charge < -0.3 is 10.6 Å². The van der Waals surface area contributed by atoms with Crippen LogP contribution in [0.4, 0.5) is 0 Å². The maximum atomic E-state index is 4.61. The van der Waals surface area contributed by atoms with Crippen LogP contribution in [0.15, 0.2) is 47.6 Å². The molecule has 2 aromatic rings. The Morgan fingerprint density at radius 1 is 1.08 bits per heavy atom. The highest BCUT2D eigenvalue weighted by molar-refractivity contribution is 14.0. The van der Waals surface area contributed by atoms with Gasteiger partial charge in [-0.1, -0.05) is 38.0 Å². The lowest BCUT2D eigenvalue weighted by Crippen LogP contribution is -2.37. The summed E-state index contributed by atoms with van der Waals surface area (Å²) in [4.78, 5) is 4.61. The zero-order valence-corrected chi connectivity index (χ0v) is 16.9. The molecule has 1 aromatic heterocycles. The minimum Gasteiger partial charge on any atom is -0.357 e. The van der Waals surface area contributed by atoms with Gasteiger partial charge in [0.05, 0.1) is 17.9 Å². The van der Waals surface area contributed by atoms with E-state index in [0.717, 1.165) is 30.4 Å². The van der Waals surface area contributed by atoms with Crippen LogP contribution in [-0.2, 0) is 6.54 Å². The third-order valence-corrected chi connectivity index (χ3v) is 3.48. The number of rotatable bonds is 8. The van der Waals surface area contributed by atoms with Gasteiger partial charge in [-0.2, -0.15) is 5.10 Å². The monoisotopic (exact) mass is 441 g/mol. The van der Waals surface area contributed by atoms with Crippen molar-refractivity contribution in [3.8, 4) is 5.69 Å². The first-order valence-electron chi connectivity index (χ1n) is 8.45. The zero-order chi connectivity index (χ0) is 16.3. The van der Waals surface area contributed by atoms with E-state index in [-0.39, 0.29) is 24.0 Å². The van der Waals surface area contributed by atoms with Crippen molar-refractivity contribution in [1.82, 2.24) is 20.4 Å². The van der Waals surface area contributed by atoms with Crippen LogP contribution >= 0.6 is 24.0 Å². The van der Waals surface area contributed by atoms with Gasteiger partial charge in [0.15, 0.2) is 5.96 Å². The molecular weight excluding hydrogens is 413 g/mol. The van der Waals surface area contributed by atoms with Gasteiger partial charge in [-0.05, 0) is 31.5 Å². The number of unbranched alkanes of at least 4 members (excludes halogenated alkanes) is 2. The van der Waals surface area contributed by atoms with Crippen LogP contribution in [0.5, 0.6) is 0 Å². The zero-order valence-electron chi connectivity index (χ0n) is 14.5. The maximum Gasteiger partial charge on any atom is 0.191 e. The summed E-state index contributed by atoms with van der Waals surface area (Å²) in [5.74, 6) is 0.859. The Hall–Kier alpha value is -1.57. The molecule has 0 atom stereocenters. The molecule has 0 aliphatic rings. The van der Waals surface area contributed by atoms with E-state index in [2.05, 4.69) is 34.6 Å². The second kappa shape index (κ2) is 11.9. The van der Waals surface area contributed by atoms with E-state index in [1.165, 1.54) is 19.3 Å².